The van der Waals surface area contributed by atoms with Crippen molar-refractivity contribution in [2.24, 2.45) is 5.92 Å². The van der Waals surface area contributed by atoms with Gasteiger partial charge in [-0.2, -0.15) is 5.26 Å². The first-order valence-corrected chi connectivity index (χ1v) is 11.1. The first-order chi connectivity index (χ1) is 11.9. The molecule has 3 unspecified atom stereocenters. The molecule has 1 fully saturated rings. The molecule has 0 spiro atoms. The van der Waals surface area contributed by atoms with Gasteiger partial charge in [-0.3, -0.25) is 4.57 Å². The van der Waals surface area contributed by atoms with Gasteiger partial charge >= 0.3 is 0 Å². The van der Waals surface area contributed by atoms with E-state index in [0.29, 0.717) is 17.6 Å². The Bertz CT molecular complexity index is 621. The maximum absolute atomic E-state index is 12.4. The van der Waals surface area contributed by atoms with E-state index >= 15 is 0 Å². The number of rotatable bonds is 8. The van der Waals surface area contributed by atoms with Gasteiger partial charge in [-0.25, -0.2) is 0 Å². The van der Waals surface area contributed by atoms with Gasteiger partial charge in [0.15, 0.2) is 0 Å². The van der Waals surface area contributed by atoms with Crippen LogP contribution in [0.3, 0.4) is 0 Å². The van der Waals surface area contributed by atoms with Crippen molar-refractivity contribution in [2.45, 2.75) is 51.2 Å². The molecule has 1 aromatic carbocycles. The minimum atomic E-state index is -3.29. The molecule has 1 aliphatic rings. The molecule has 0 bridgehead atoms. The van der Waals surface area contributed by atoms with Crippen molar-refractivity contribution in [3.63, 3.8) is 0 Å². The predicted octanol–water partition coefficient (Wildman–Crippen LogP) is 3.42. The molecule has 3 N–H and O–H groups in total. The Morgan fingerprint density at radius 1 is 1.28 bits per heavy atom. The van der Waals surface area contributed by atoms with Gasteiger partial charge in [-0.1, -0.05) is 31.4 Å². The fraction of sp³-hybridized carbons (Fsp3) is 0.632. The summed E-state index contributed by atoms with van der Waals surface area (Å²) in [5.41, 5.74) is 1.63. The molecule has 0 saturated heterocycles. The normalized spacial score (nSPS) is 20.4. The van der Waals surface area contributed by atoms with Crippen molar-refractivity contribution >= 4 is 7.37 Å². The van der Waals surface area contributed by atoms with E-state index in [1.165, 1.54) is 6.42 Å². The Morgan fingerprint density at radius 2 is 1.92 bits per heavy atom. The molecule has 0 heterocycles. The Labute approximate surface area is 150 Å². The molecule has 0 aromatic heterocycles. The second-order valence-electron chi connectivity index (χ2n) is 7.23. The van der Waals surface area contributed by atoms with E-state index in [4.69, 9.17) is 5.26 Å². The zero-order chi connectivity index (χ0) is 18.3. The summed E-state index contributed by atoms with van der Waals surface area (Å²) in [5.74, 6) is 0.335. The summed E-state index contributed by atoms with van der Waals surface area (Å²) in [6.07, 6.45) is 5.06. The quantitative estimate of drug-likeness (QED) is 0.615. The SMILES string of the molecule is CC(NCC(O)CP(=O)(O)CC1CCCCC1)c1ccc(C#N)cc1. The third-order valence-electron chi connectivity index (χ3n) is 4.96. The molecular weight excluding hydrogens is 335 g/mol. The fourth-order valence-electron chi connectivity index (χ4n) is 3.52. The number of aliphatic hydroxyl groups is 1. The number of aliphatic hydroxyl groups excluding tert-OH is 1. The minimum Gasteiger partial charge on any atom is -0.391 e. The van der Waals surface area contributed by atoms with Gasteiger partial charge in [0.05, 0.1) is 23.9 Å². The number of hydrogen-bond acceptors (Lipinski definition) is 4. The topological polar surface area (TPSA) is 93.3 Å². The Morgan fingerprint density at radius 3 is 2.52 bits per heavy atom. The summed E-state index contributed by atoms with van der Waals surface area (Å²) >= 11 is 0. The van der Waals surface area contributed by atoms with Gasteiger partial charge in [0.2, 0.25) is 7.37 Å². The van der Waals surface area contributed by atoms with Crippen molar-refractivity contribution in [2.75, 3.05) is 18.9 Å². The summed E-state index contributed by atoms with van der Waals surface area (Å²) in [7, 11) is -3.29. The highest BCUT2D eigenvalue weighted by molar-refractivity contribution is 7.58. The van der Waals surface area contributed by atoms with Gasteiger partial charge in [-0.05, 0) is 43.4 Å². The van der Waals surface area contributed by atoms with Gasteiger partial charge in [0.25, 0.3) is 0 Å². The van der Waals surface area contributed by atoms with Crippen LogP contribution < -0.4 is 5.32 Å². The van der Waals surface area contributed by atoms with Crippen LogP contribution in [0.2, 0.25) is 0 Å². The van der Waals surface area contributed by atoms with Crippen molar-refractivity contribution in [1.82, 2.24) is 5.32 Å². The zero-order valence-electron chi connectivity index (χ0n) is 14.9. The standard InChI is InChI=1S/C19H29N2O3P/c1-15(18-9-7-16(11-20)8-10-18)21-12-19(22)14-25(23,24)13-17-5-3-2-4-6-17/h7-10,15,17,19,21-22H,2-6,12-14H2,1H3,(H,23,24). The van der Waals surface area contributed by atoms with E-state index in [1.807, 2.05) is 19.1 Å². The van der Waals surface area contributed by atoms with Crippen LogP contribution >= 0.6 is 7.37 Å². The van der Waals surface area contributed by atoms with E-state index in [2.05, 4.69) is 11.4 Å². The Kier molecular flexibility index (Phi) is 7.65. The van der Waals surface area contributed by atoms with Crippen molar-refractivity contribution in [3.8, 4) is 6.07 Å². The summed E-state index contributed by atoms with van der Waals surface area (Å²) in [6, 6.07) is 9.36. The largest absolute Gasteiger partial charge is 0.391 e. The van der Waals surface area contributed by atoms with E-state index in [1.54, 1.807) is 12.1 Å². The fourth-order valence-corrected chi connectivity index (χ4v) is 5.63. The maximum atomic E-state index is 12.4. The molecule has 2 rings (SSSR count). The molecule has 0 aliphatic heterocycles. The van der Waals surface area contributed by atoms with Crippen molar-refractivity contribution < 1.29 is 14.6 Å². The average Bonchev–Trinajstić information content (AvgIpc) is 2.59. The molecule has 0 radical (unpaired) electrons. The van der Waals surface area contributed by atoms with Crippen LogP contribution in [0.4, 0.5) is 0 Å². The average molecular weight is 364 g/mol. The first kappa shape index (κ1) is 20.1. The number of nitrogens with zero attached hydrogens (tertiary/aromatic N) is 1. The van der Waals surface area contributed by atoms with Crippen LogP contribution in [0, 0.1) is 17.2 Å². The first-order valence-electron chi connectivity index (χ1n) is 9.12. The summed E-state index contributed by atoms with van der Waals surface area (Å²) in [6.45, 7) is 2.24. The number of nitriles is 1. The zero-order valence-corrected chi connectivity index (χ0v) is 15.8. The third-order valence-corrected chi connectivity index (χ3v) is 7.04. The lowest BCUT2D eigenvalue weighted by atomic mass is 9.91. The highest BCUT2D eigenvalue weighted by Crippen LogP contribution is 2.45. The molecular formula is C19H29N2O3P. The smallest absolute Gasteiger partial charge is 0.203 e. The highest BCUT2D eigenvalue weighted by atomic mass is 31.2. The van der Waals surface area contributed by atoms with Crippen molar-refractivity contribution in [1.29, 1.82) is 5.26 Å². The lowest BCUT2D eigenvalue weighted by Gasteiger charge is -2.25. The van der Waals surface area contributed by atoms with Crippen LogP contribution in [-0.2, 0) is 4.57 Å². The molecule has 3 atom stereocenters. The van der Waals surface area contributed by atoms with E-state index in [0.717, 1.165) is 31.2 Å². The van der Waals surface area contributed by atoms with Crippen LogP contribution in [0.15, 0.2) is 24.3 Å². The monoisotopic (exact) mass is 364 g/mol. The minimum absolute atomic E-state index is 0.00110. The maximum Gasteiger partial charge on any atom is 0.203 e. The van der Waals surface area contributed by atoms with Gasteiger partial charge < -0.3 is 15.3 Å². The van der Waals surface area contributed by atoms with E-state index in [-0.39, 0.29) is 18.7 Å². The van der Waals surface area contributed by atoms with Crippen LogP contribution in [0.25, 0.3) is 0 Å². The summed E-state index contributed by atoms with van der Waals surface area (Å²) < 4.78 is 12.4. The van der Waals surface area contributed by atoms with E-state index in [9.17, 15) is 14.6 Å². The van der Waals surface area contributed by atoms with Gasteiger partial charge in [0, 0.05) is 18.7 Å². The number of hydrogen-bond donors (Lipinski definition) is 3. The van der Waals surface area contributed by atoms with Crippen LogP contribution in [0.1, 0.15) is 56.2 Å². The molecule has 1 aromatic rings. The molecule has 25 heavy (non-hydrogen) atoms. The number of benzene rings is 1. The van der Waals surface area contributed by atoms with Gasteiger partial charge in [0.1, 0.15) is 0 Å². The molecule has 1 aliphatic carbocycles. The van der Waals surface area contributed by atoms with Gasteiger partial charge in [-0.15, -0.1) is 0 Å². The second-order valence-corrected chi connectivity index (χ2v) is 9.66. The van der Waals surface area contributed by atoms with Crippen molar-refractivity contribution in [3.05, 3.63) is 35.4 Å². The number of nitrogens with one attached hydrogen (secondary N) is 1. The third kappa shape index (κ3) is 6.92. The predicted molar refractivity (Wildman–Crippen MR) is 99.7 cm³/mol. The molecule has 6 heteroatoms. The van der Waals surface area contributed by atoms with E-state index < -0.39 is 13.5 Å². The molecule has 1 saturated carbocycles. The molecule has 5 nitrogen and oxygen atoms in total. The Hall–Kier alpha value is -1.18. The lowest BCUT2D eigenvalue weighted by molar-refractivity contribution is 0.186. The Balaban J connectivity index is 1.77. The highest BCUT2D eigenvalue weighted by Gasteiger charge is 2.28. The molecule has 138 valence electrons. The van der Waals surface area contributed by atoms with Crippen LogP contribution in [-0.4, -0.2) is 35.0 Å². The summed E-state index contributed by atoms with van der Waals surface area (Å²) in [4.78, 5) is 10.2. The lowest BCUT2D eigenvalue weighted by Crippen LogP contribution is -2.32. The van der Waals surface area contributed by atoms with Crippen LogP contribution in [0.5, 0.6) is 0 Å². The molecule has 0 amide bonds. The summed E-state index contributed by atoms with van der Waals surface area (Å²) in [5, 5.41) is 22.2. The second kappa shape index (κ2) is 9.50.